The highest BCUT2D eigenvalue weighted by Crippen LogP contribution is 2.42. The van der Waals surface area contributed by atoms with Crippen molar-refractivity contribution >= 4 is 6.34 Å². The Kier molecular flexibility index (Phi) is 7.61. The topological polar surface area (TPSA) is 24.4 Å². The molecular weight excluding hydrogens is 265 g/mol. The zero-order valence-corrected chi connectivity index (χ0v) is 12.8. The third kappa shape index (κ3) is 6.78. The fourth-order valence-corrected chi connectivity index (χ4v) is 1.30. The summed E-state index contributed by atoms with van der Waals surface area (Å²) < 4.78 is 38.2. The minimum atomic E-state index is -4.19. The highest BCUT2D eigenvalue weighted by molar-refractivity contribution is 5.55. The lowest BCUT2D eigenvalue weighted by Crippen LogP contribution is -2.32. The van der Waals surface area contributed by atoms with Gasteiger partial charge in [-0.05, 0) is 31.8 Å². The van der Waals surface area contributed by atoms with Gasteiger partial charge in [-0.2, -0.15) is 13.2 Å². The highest BCUT2D eigenvalue weighted by Gasteiger charge is 2.46. The van der Waals surface area contributed by atoms with E-state index in [0.717, 1.165) is 18.5 Å². The number of alkyl halides is 3. The number of hydrogen-bond acceptors (Lipinski definition) is 1. The SMILES string of the molecule is C=C(CCC(C)(C)C(F)(F)F)/C(C)=C\N=C/NCCC. The van der Waals surface area contributed by atoms with Gasteiger partial charge in [-0.25, -0.2) is 4.99 Å². The molecular formula is C15H25F3N2. The summed E-state index contributed by atoms with van der Waals surface area (Å²) in [4.78, 5) is 4.04. The molecule has 0 unspecified atom stereocenters. The number of aliphatic imine (C=N–C) groups is 1. The highest BCUT2D eigenvalue weighted by atomic mass is 19.4. The first kappa shape index (κ1) is 18.7. The van der Waals surface area contributed by atoms with Crippen LogP contribution in [0.1, 0.15) is 47.0 Å². The third-order valence-corrected chi connectivity index (χ3v) is 3.21. The Hall–Kier alpha value is -1.26. The van der Waals surface area contributed by atoms with E-state index in [0.29, 0.717) is 12.0 Å². The third-order valence-electron chi connectivity index (χ3n) is 3.21. The Morgan fingerprint density at radius 3 is 2.40 bits per heavy atom. The minimum absolute atomic E-state index is 0.0261. The van der Waals surface area contributed by atoms with Crippen molar-refractivity contribution in [3.8, 4) is 0 Å². The molecule has 20 heavy (non-hydrogen) atoms. The van der Waals surface area contributed by atoms with Gasteiger partial charge in [-0.3, -0.25) is 0 Å². The Morgan fingerprint density at radius 1 is 1.30 bits per heavy atom. The van der Waals surface area contributed by atoms with E-state index in [-0.39, 0.29) is 6.42 Å². The molecule has 1 N–H and O–H groups in total. The number of hydrogen-bond donors (Lipinski definition) is 1. The van der Waals surface area contributed by atoms with Crippen LogP contribution >= 0.6 is 0 Å². The van der Waals surface area contributed by atoms with Gasteiger partial charge in [0.1, 0.15) is 0 Å². The molecule has 0 rings (SSSR count). The van der Waals surface area contributed by atoms with Crippen LogP contribution in [0.25, 0.3) is 0 Å². The predicted molar refractivity (Wildman–Crippen MR) is 78.8 cm³/mol. The van der Waals surface area contributed by atoms with E-state index >= 15 is 0 Å². The standard InChI is InChI=1S/C15H25F3N2/c1-6-9-19-11-20-10-13(3)12(2)7-8-14(4,5)15(16,17)18/h10-11H,2,6-9H2,1,3-5H3,(H,19,20)/b13-10-. The lowest BCUT2D eigenvalue weighted by Gasteiger charge is -2.28. The molecule has 116 valence electrons. The lowest BCUT2D eigenvalue weighted by atomic mass is 9.85. The van der Waals surface area contributed by atoms with Gasteiger partial charge in [0.2, 0.25) is 0 Å². The monoisotopic (exact) mass is 290 g/mol. The molecule has 0 saturated carbocycles. The molecule has 0 aliphatic carbocycles. The first-order valence-corrected chi connectivity index (χ1v) is 6.78. The van der Waals surface area contributed by atoms with Crippen LogP contribution in [0, 0.1) is 5.41 Å². The van der Waals surface area contributed by atoms with Crippen LogP contribution in [0.4, 0.5) is 13.2 Å². The average molecular weight is 290 g/mol. The van der Waals surface area contributed by atoms with Crippen LogP contribution in [0.15, 0.2) is 28.9 Å². The summed E-state index contributed by atoms with van der Waals surface area (Å²) in [5, 5.41) is 2.99. The number of nitrogens with one attached hydrogen (secondary N) is 1. The Morgan fingerprint density at radius 2 is 1.90 bits per heavy atom. The Labute approximate surface area is 119 Å². The molecule has 0 aromatic rings. The van der Waals surface area contributed by atoms with E-state index < -0.39 is 11.6 Å². The predicted octanol–water partition coefficient (Wildman–Crippen LogP) is 4.84. The van der Waals surface area contributed by atoms with Crippen LogP contribution < -0.4 is 5.32 Å². The van der Waals surface area contributed by atoms with Crippen LogP contribution in [-0.2, 0) is 0 Å². The maximum atomic E-state index is 12.7. The van der Waals surface area contributed by atoms with Gasteiger partial charge >= 0.3 is 6.18 Å². The van der Waals surface area contributed by atoms with Crippen molar-refractivity contribution in [3.63, 3.8) is 0 Å². The number of nitrogens with zero attached hydrogens (tertiary/aromatic N) is 1. The van der Waals surface area contributed by atoms with Crippen molar-refractivity contribution in [2.24, 2.45) is 10.4 Å². The molecule has 0 radical (unpaired) electrons. The zero-order valence-electron chi connectivity index (χ0n) is 12.8. The van der Waals surface area contributed by atoms with Crippen LogP contribution in [0.3, 0.4) is 0 Å². The molecule has 5 heteroatoms. The van der Waals surface area contributed by atoms with Crippen LogP contribution in [-0.4, -0.2) is 19.1 Å². The second kappa shape index (κ2) is 8.12. The Balaban J connectivity index is 4.34. The van der Waals surface area contributed by atoms with Crippen molar-refractivity contribution in [3.05, 3.63) is 23.9 Å². The molecule has 0 aromatic carbocycles. The molecule has 0 heterocycles. The molecule has 0 aromatic heterocycles. The zero-order chi connectivity index (χ0) is 15.8. The van der Waals surface area contributed by atoms with Crippen LogP contribution in [0.5, 0.6) is 0 Å². The van der Waals surface area contributed by atoms with Gasteiger partial charge in [0.05, 0.1) is 11.8 Å². The maximum absolute atomic E-state index is 12.7. The maximum Gasteiger partial charge on any atom is 0.393 e. The fourth-order valence-electron chi connectivity index (χ4n) is 1.30. The summed E-state index contributed by atoms with van der Waals surface area (Å²) in [5.74, 6) is 0. The molecule has 2 nitrogen and oxygen atoms in total. The summed E-state index contributed by atoms with van der Waals surface area (Å²) >= 11 is 0. The van der Waals surface area contributed by atoms with Crippen molar-refractivity contribution in [1.29, 1.82) is 0 Å². The molecule has 0 atom stereocenters. The van der Waals surface area contributed by atoms with Crippen molar-refractivity contribution in [1.82, 2.24) is 5.32 Å². The summed E-state index contributed by atoms with van der Waals surface area (Å²) in [6.45, 7) is 11.0. The summed E-state index contributed by atoms with van der Waals surface area (Å²) in [6, 6.07) is 0. The van der Waals surface area contributed by atoms with Gasteiger partial charge in [0.25, 0.3) is 0 Å². The van der Waals surface area contributed by atoms with Gasteiger partial charge in [0, 0.05) is 12.7 Å². The van der Waals surface area contributed by atoms with Gasteiger partial charge in [-0.15, -0.1) is 0 Å². The molecule has 0 spiro atoms. The minimum Gasteiger partial charge on any atom is -0.376 e. The Bertz CT molecular complexity index is 366. The molecule has 0 fully saturated rings. The normalized spacial score (nSPS) is 13.8. The molecule has 0 bridgehead atoms. The number of allylic oxidation sites excluding steroid dienone is 2. The molecule has 0 aliphatic heterocycles. The van der Waals surface area contributed by atoms with E-state index in [1.54, 1.807) is 19.5 Å². The van der Waals surface area contributed by atoms with Gasteiger partial charge in [-0.1, -0.05) is 32.9 Å². The van der Waals surface area contributed by atoms with Gasteiger partial charge < -0.3 is 5.32 Å². The largest absolute Gasteiger partial charge is 0.393 e. The average Bonchev–Trinajstić information content (AvgIpc) is 2.34. The summed E-state index contributed by atoms with van der Waals surface area (Å²) in [5.41, 5.74) is -0.199. The lowest BCUT2D eigenvalue weighted by molar-refractivity contribution is -0.213. The summed E-state index contributed by atoms with van der Waals surface area (Å²) in [6.07, 6.45) is 0.359. The van der Waals surface area contributed by atoms with Crippen molar-refractivity contribution in [2.75, 3.05) is 6.54 Å². The first-order chi connectivity index (χ1) is 9.12. The first-order valence-electron chi connectivity index (χ1n) is 6.78. The summed E-state index contributed by atoms with van der Waals surface area (Å²) in [7, 11) is 0. The van der Waals surface area contributed by atoms with Crippen LogP contribution in [0.2, 0.25) is 0 Å². The molecule has 0 amide bonds. The smallest absolute Gasteiger partial charge is 0.376 e. The quantitative estimate of drug-likeness (QED) is 0.294. The number of rotatable bonds is 8. The van der Waals surface area contributed by atoms with E-state index in [4.69, 9.17) is 0 Å². The van der Waals surface area contributed by atoms with E-state index in [2.05, 4.69) is 16.9 Å². The second-order valence-electron chi connectivity index (χ2n) is 5.53. The molecule has 0 aliphatic rings. The van der Waals surface area contributed by atoms with E-state index in [1.807, 2.05) is 6.92 Å². The molecule has 0 saturated heterocycles. The number of halogens is 3. The van der Waals surface area contributed by atoms with Crippen molar-refractivity contribution in [2.45, 2.75) is 53.1 Å². The van der Waals surface area contributed by atoms with E-state index in [9.17, 15) is 13.2 Å². The van der Waals surface area contributed by atoms with Crippen molar-refractivity contribution < 1.29 is 13.2 Å². The fraction of sp³-hybridized carbons (Fsp3) is 0.667. The van der Waals surface area contributed by atoms with E-state index in [1.165, 1.54) is 13.8 Å². The van der Waals surface area contributed by atoms with Gasteiger partial charge in [0.15, 0.2) is 0 Å². The second-order valence-corrected chi connectivity index (χ2v) is 5.53.